The summed E-state index contributed by atoms with van der Waals surface area (Å²) >= 11 is 0. The van der Waals surface area contributed by atoms with Crippen LogP contribution in [-0.4, -0.2) is 132 Å². The molecule has 0 radical (unpaired) electrons. The third kappa shape index (κ3) is 15.3. The van der Waals surface area contributed by atoms with Crippen LogP contribution in [0.15, 0.2) is 91.4 Å². The quantitative estimate of drug-likeness (QED) is 0.0188. The molecule has 5 rings (SSSR count). The van der Waals surface area contributed by atoms with E-state index in [0.717, 1.165) is 34.6 Å². The van der Waals surface area contributed by atoms with Gasteiger partial charge in [-0.05, 0) is 73.7 Å². The first-order valence-corrected chi connectivity index (χ1v) is 21.5. The SMILES string of the molecule is C=CCCC(C(=O)NC)N(C)c1ccc(CCOCCOCCNC=O)cc1N(C)C=O.CNc1cc(N/C(C=O)=C/C=C\N(C)c2cccc(C)c2)nn2c(C(=O)N[C@@H]3C[C@@H]3F)cnc12. The van der Waals surface area contributed by atoms with Crippen LogP contribution in [0.3, 0.4) is 0 Å². The number of carbonyl (C=O) groups is 5. The van der Waals surface area contributed by atoms with E-state index in [2.05, 4.69) is 49.3 Å². The van der Waals surface area contributed by atoms with Crippen LogP contribution in [-0.2, 0) is 35.1 Å². The lowest BCUT2D eigenvalue weighted by Crippen LogP contribution is -2.44. The second-order valence-electron chi connectivity index (χ2n) is 15.3. The first-order valence-electron chi connectivity index (χ1n) is 21.5. The second kappa shape index (κ2) is 26.6. The summed E-state index contributed by atoms with van der Waals surface area (Å²) in [5, 5.41) is 18.3. The molecule has 1 saturated carbocycles. The number of aryl methyl sites for hydroxylation is 1. The van der Waals surface area contributed by atoms with E-state index >= 15 is 0 Å². The summed E-state index contributed by atoms with van der Waals surface area (Å²) in [6.45, 7) is 8.12. The molecular weight excluding hydrogens is 850 g/mol. The van der Waals surface area contributed by atoms with Gasteiger partial charge in [0.2, 0.25) is 18.7 Å². The van der Waals surface area contributed by atoms with E-state index in [4.69, 9.17) is 9.47 Å². The summed E-state index contributed by atoms with van der Waals surface area (Å²) in [5.41, 5.74) is 6.18. The molecule has 66 heavy (non-hydrogen) atoms. The summed E-state index contributed by atoms with van der Waals surface area (Å²) in [6.07, 6.45) is 11.7. The maximum Gasteiger partial charge on any atom is 0.271 e. The number of hydrogen-bond acceptors (Lipinski definition) is 13. The number of rotatable bonds is 27. The Labute approximate surface area is 385 Å². The molecule has 4 aromatic rings. The number of carbonyl (C=O) groups excluding carboxylic acids is 5. The number of halogens is 1. The maximum atomic E-state index is 13.2. The van der Waals surface area contributed by atoms with E-state index in [1.165, 1.54) is 15.6 Å². The van der Waals surface area contributed by atoms with Gasteiger partial charge < -0.3 is 50.8 Å². The molecule has 1 aliphatic carbocycles. The molecular formula is C47H62FN11O7. The molecule has 0 aliphatic heterocycles. The third-order valence-electron chi connectivity index (χ3n) is 10.4. The molecule has 0 bridgehead atoms. The molecule has 2 aromatic heterocycles. The number of ether oxygens (including phenoxy) is 2. The minimum Gasteiger partial charge on any atom is -0.385 e. The largest absolute Gasteiger partial charge is 0.385 e. The molecule has 1 fully saturated rings. The maximum absolute atomic E-state index is 13.2. The lowest BCUT2D eigenvalue weighted by molar-refractivity contribution is -0.122. The molecule has 2 heterocycles. The summed E-state index contributed by atoms with van der Waals surface area (Å²) in [6, 6.07) is 14.7. The number of benzene rings is 2. The van der Waals surface area contributed by atoms with Crippen molar-refractivity contribution in [1.82, 2.24) is 30.5 Å². The number of likely N-dealkylation sites (N-methyl/N-ethyl adjacent to an activating group) is 2. The van der Waals surface area contributed by atoms with E-state index in [1.807, 2.05) is 73.4 Å². The summed E-state index contributed by atoms with van der Waals surface area (Å²) in [7, 11) is 8.79. The topological polar surface area (TPSA) is 204 Å². The fourth-order valence-electron chi connectivity index (χ4n) is 6.57. The molecule has 1 aliphatic rings. The monoisotopic (exact) mass is 911 g/mol. The minimum absolute atomic E-state index is 0.0873. The number of anilines is 5. The molecule has 354 valence electrons. The van der Waals surface area contributed by atoms with E-state index in [0.29, 0.717) is 88.5 Å². The molecule has 1 unspecified atom stereocenters. The van der Waals surface area contributed by atoms with Gasteiger partial charge in [-0.15, -0.1) is 11.7 Å². The molecule has 0 saturated heterocycles. The zero-order valence-electron chi connectivity index (χ0n) is 38.5. The van der Waals surface area contributed by atoms with Gasteiger partial charge in [0, 0.05) is 66.2 Å². The normalized spacial score (nSPS) is 14.6. The van der Waals surface area contributed by atoms with E-state index < -0.39 is 18.1 Å². The van der Waals surface area contributed by atoms with Crippen molar-refractivity contribution in [2.75, 3.05) is 93.5 Å². The number of imidazole rings is 1. The molecule has 3 atom stereocenters. The van der Waals surface area contributed by atoms with Crippen molar-refractivity contribution >= 4 is 65.1 Å². The summed E-state index contributed by atoms with van der Waals surface area (Å²) < 4.78 is 25.5. The van der Waals surface area contributed by atoms with Gasteiger partial charge in [-0.3, -0.25) is 24.0 Å². The number of alkyl halides is 1. The van der Waals surface area contributed by atoms with Crippen molar-refractivity contribution < 1.29 is 37.8 Å². The Balaban J connectivity index is 0.000000289. The smallest absolute Gasteiger partial charge is 0.271 e. The van der Waals surface area contributed by atoms with Crippen molar-refractivity contribution in [2.24, 2.45) is 0 Å². The van der Waals surface area contributed by atoms with Gasteiger partial charge in [-0.2, -0.15) is 0 Å². The Morgan fingerprint density at radius 2 is 1.76 bits per heavy atom. The van der Waals surface area contributed by atoms with E-state index in [-0.39, 0.29) is 23.3 Å². The van der Waals surface area contributed by atoms with Crippen LogP contribution in [0.2, 0.25) is 0 Å². The highest BCUT2D eigenvalue weighted by Crippen LogP contribution is 2.31. The van der Waals surface area contributed by atoms with Crippen molar-refractivity contribution in [3.63, 3.8) is 0 Å². The number of fused-ring (bicyclic) bond motifs is 1. The van der Waals surface area contributed by atoms with Gasteiger partial charge in [-0.25, -0.2) is 13.9 Å². The number of nitrogens with zero attached hydrogens (tertiary/aromatic N) is 6. The van der Waals surface area contributed by atoms with Gasteiger partial charge in [0.25, 0.3) is 5.91 Å². The standard InChI is InChI=1S/C24H26FN7O2.C23H36N4O5/c1-15-6-4-8-17(10-15)31(3)9-5-7-16(14-33)28-22-12-20(26-2)23-27-13-21(32(23)30-22)24(34)29-19-11-18(19)25;1-5-6-7-21(23(30)24-2)27(4)20-9-8-19(16-22(20)26(3)18-29)10-12-31-14-15-32-13-11-25-17-28/h4-10,12-14,18-19,26H,11H2,1-3H3,(H,28,30)(H,29,34);5,8-9,16-18,21H,1,6-7,10-15H2,2-4H3,(H,24,30)(H,25,28)/b9-5-,16-7+;/t18-,19+;/m0./s1. The van der Waals surface area contributed by atoms with Gasteiger partial charge in [0.05, 0.1) is 61.4 Å². The van der Waals surface area contributed by atoms with Crippen LogP contribution in [0.4, 0.5) is 33.0 Å². The molecule has 2 aromatic carbocycles. The zero-order chi connectivity index (χ0) is 48.0. The number of allylic oxidation sites excluding steroid dienone is 4. The predicted octanol–water partition coefficient (Wildman–Crippen LogP) is 4.18. The first kappa shape index (κ1) is 51.5. The number of amides is 4. The lowest BCUT2D eigenvalue weighted by atomic mass is 10.1. The van der Waals surface area contributed by atoms with E-state index in [1.54, 1.807) is 45.4 Å². The highest BCUT2D eigenvalue weighted by Gasteiger charge is 2.39. The van der Waals surface area contributed by atoms with Crippen molar-refractivity contribution in [3.8, 4) is 0 Å². The van der Waals surface area contributed by atoms with Crippen molar-refractivity contribution in [3.05, 3.63) is 108 Å². The number of nitrogens with one attached hydrogen (secondary N) is 5. The predicted molar refractivity (Wildman–Crippen MR) is 256 cm³/mol. The Hall–Kier alpha value is -7.12. The first-order chi connectivity index (χ1) is 31.9. The minimum atomic E-state index is -1.01. The lowest BCUT2D eigenvalue weighted by Gasteiger charge is -2.31. The van der Waals surface area contributed by atoms with Crippen molar-refractivity contribution in [2.45, 2.75) is 50.9 Å². The summed E-state index contributed by atoms with van der Waals surface area (Å²) in [5.74, 6) is -0.217. The third-order valence-corrected chi connectivity index (χ3v) is 10.4. The summed E-state index contributed by atoms with van der Waals surface area (Å²) in [4.78, 5) is 67.9. The fraction of sp³-hybridized carbons (Fsp3) is 0.383. The molecule has 0 spiro atoms. The average Bonchev–Trinajstić information content (AvgIpc) is 3.84. The highest BCUT2D eigenvalue weighted by atomic mass is 19.1. The number of hydrogen-bond donors (Lipinski definition) is 5. The Bertz CT molecular complexity index is 2320. The Morgan fingerprint density at radius 3 is 2.41 bits per heavy atom. The Kier molecular flexibility index (Phi) is 20.8. The molecule has 18 nitrogen and oxygen atoms in total. The van der Waals surface area contributed by atoms with Gasteiger partial charge >= 0.3 is 0 Å². The van der Waals surface area contributed by atoms with Crippen LogP contribution in [0.1, 0.15) is 40.9 Å². The second-order valence-corrected chi connectivity index (χ2v) is 15.3. The van der Waals surface area contributed by atoms with Crippen LogP contribution in [0.5, 0.6) is 0 Å². The Morgan fingerprint density at radius 1 is 1.00 bits per heavy atom. The highest BCUT2D eigenvalue weighted by molar-refractivity contribution is 5.94. The van der Waals surface area contributed by atoms with Crippen LogP contribution < -0.4 is 41.3 Å². The van der Waals surface area contributed by atoms with E-state index in [9.17, 15) is 28.4 Å². The van der Waals surface area contributed by atoms with Crippen LogP contribution >= 0.6 is 0 Å². The van der Waals surface area contributed by atoms with Crippen LogP contribution in [0, 0.1) is 6.92 Å². The molecule has 4 amide bonds. The number of aromatic nitrogens is 3. The fourth-order valence-corrected chi connectivity index (χ4v) is 6.57. The van der Waals surface area contributed by atoms with Crippen LogP contribution in [0.25, 0.3) is 5.65 Å². The van der Waals surface area contributed by atoms with Crippen molar-refractivity contribution in [1.29, 1.82) is 0 Å². The van der Waals surface area contributed by atoms with Gasteiger partial charge in [-0.1, -0.05) is 24.3 Å². The number of aldehydes is 1. The zero-order valence-corrected chi connectivity index (χ0v) is 38.5. The van der Waals surface area contributed by atoms with Gasteiger partial charge in [0.15, 0.2) is 23.4 Å². The van der Waals surface area contributed by atoms with Gasteiger partial charge in [0.1, 0.15) is 12.2 Å². The average molecular weight is 912 g/mol. The molecule has 19 heteroatoms. The molecule has 5 N–H and O–H groups in total.